The molecule has 0 aliphatic carbocycles. The van der Waals surface area contributed by atoms with Gasteiger partial charge in [0.25, 0.3) is 0 Å². The molecule has 0 aliphatic rings. The van der Waals surface area contributed by atoms with Crippen LogP contribution in [0.2, 0.25) is 5.02 Å². The standard InChI is InChI=1S/C14H11Br2ClO2/c1-19-9-3-4-10(12(16)7-9)14(18)8-2-5-11(15)13(17)6-8/h2-7,14,18H,1H3. The number of halogens is 3. The fourth-order valence-electron chi connectivity index (χ4n) is 1.72. The van der Waals surface area contributed by atoms with Crippen molar-refractivity contribution in [2.45, 2.75) is 6.10 Å². The number of rotatable bonds is 3. The molecule has 2 nitrogen and oxygen atoms in total. The lowest BCUT2D eigenvalue weighted by molar-refractivity contribution is 0.219. The van der Waals surface area contributed by atoms with Crippen molar-refractivity contribution >= 4 is 43.5 Å². The monoisotopic (exact) mass is 404 g/mol. The van der Waals surface area contributed by atoms with E-state index in [0.29, 0.717) is 5.02 Å². The van der Waals surface area contributed by atoms with Gasteiger partial charge in [0.15, 0.2) is 0 Å². The Kier molecular flexibility index (Phi) is 4.90. The third-order valence-corrected chi connectivity index (χ3v) is 4.68. The Morgan fingerprint density at radius 1 is 1.11 bits per heavy atom. The topological polar surface area (TPSA) is 29.5 Å². The van der Waals surface area contributed by atoms with Crippen molar-refractivity contribution in [1.29, 1.82) is 0 Å². The molecule has 1 unspecified atom stereocenters. The zero-order valence-electron chi connectivity index (χ0n) is 10.0. The normalized spacial score (nSPS) is 12.3. The highest BCUT2D eigenvalue weighted by molar-refractivity contribution is 9.10. The highest BCUT2D eigenvalue weighted by Crippen LogP contribution is 2.33. The summed E-state index contributed by atoms with van der Waals surface area (Å²) in [6.07, 6.45) is -0.745. The lowest BCUT2D eigenvalue weighted by Crippen LogP contribution is -2.01. The highest BCUT2D eigenvalue weighted by Gasteiger charge is 2.15. The molecule has 0 amide bonds. The average molecular weight is 407 g/mol. The molecule has 1 N–H and O–H groups in total. The summed E-state index contributed by atoms with van der Waals surface area (Å²) in [6.45, 7) is 0. The SMILES string of the molecule is COc1ccc(C(O)c2ccc(Br)c(Cl)c2)c(Br)c1. The molecule has 0 aromatic heterocycles. The molecule has 2 aromatic carbocycles. The average Bonchev–Trinajstić information content (AvgIpc) is 2.41. The summed E-state index contributed by atoms with van der Waals surface area (Å²) in [6, 6.07) is 10.8. The molecule has 0 fully saturated rings. The summed E-state index contributed by atoms with van der Waals surface area (Å²) in [5.41, 5.74) is 1.50. The van der Waals surface area contributed by atoms with E-state index in [1.807, 2.05) is 30.3 Å². The fraction of sp³-hybridized carbons (Fsp3) is 0.143. The van der Waals surface area contributed by atoms with E-state index in [1.165, 1.54) is 0 Å². The van der Waals surface area contributed by atoms with Crippen molar-refractivity contribution in [1.82, 2.24) is 0 Å². The van der Waals surface area contributed by atoms with Gasteiger partial charge in [0.05, 0.1) is 12.1 Å². The summed E-state index contributed by atoms with van der Waals surface area (Å²) in [7, 11) is 1.60. The van der Waals surface area contributed by atoms with Crippen LogP contribution in [0.5, 0.6) is 5.75 Å². The van der Waals surface area contributed by atoms with E-state index in [4.69, 9.17) is 16.3 Å². The number of hydrogen-bond acceptors (Lipinski definition) is 2. The van der Waals surface area contributed by atoms with Gasteiger partial charge in [0, 0.05) is 8.95 Å². The third kappa shape index (κ3) is 3.31. The van der Waals surface area contributed by atoms with Gasteiger partial charge in [-0.15, -0.1) is 0 Å². The van der Waals surface area contributed by atoms with Crippen LogP contribution in [0.3, 0.4) is 0 Å². The number of hydrogen-bond donors (Lipinski definition) is 1. The summed E-state index contributed by atoms with van der Waals surface area (Å²) in [5, 5.41) is 11.0. The van der Waals surface area contributed by atoms with Gasteiger partial charge in [0.2, 0.25) is 0 Å². The summed E-state index contributed by atoms with van der Waals surface area (Å²) in [5.74, 6) is 0.733. The lowest BCUT2D eigenvalue weighted by Gasteiger charge is -2.15. The van der Waals surface area contributed by atoms with Gasteiger partial charge in [-0.2, -0.15) is 0 Å². The van der Waals surface area contributed by atoms with Gasteiger partial charge in [-0.1, -0.05) is 39.7 Å². The molecule has 100 valence electrons. The van der Waals surface area contributed by atoms with E-state index in [9.17, 15) is 5.11 Å². The summed E-state index contributed by atoms with van der Waals surface area (Å²) >= 11 is 12.8. The molecule has 1 atom stereocenters. The second kappa shape index (κ2) is 6.27. The fourth-order valence-corrected chi connectivity index (χ4v) is 2.73. The molecule has 0 aliphatic heterocycles. The Bertz CT molecular complexity index is 602. The minimum Gasteiger partial charge on any atom is -0.497 e. The van der Waals surface area contributed by atoms with Crippen LogP contribution >= 0.6 is 43.5 Å². The van der Waals surface area contributed by atoms with Crippen LogP contribution in [0.4, 0.5) is 0 Å². The molecular weight excluding hydrogens is 395 g/mol. The van der Waals surface area contributed by atoms with Crippen LogP contribution < -0.4 is 4.74 Å². The predicted octanol–water partition coefficient (Wildman–Crippen LogP) is 4.96. The van der Waals surface area contributed by atoms with Gasteiger partial charge in [-0.05, 0) is 51.3 Å². The minimum absolute atomic E-state index is 0.571. The Balaban J connectivity index is 2.38. The third-order valence-electron chi connectivity index (χ3n) is 2.76. The molecule has 0 radical (unpaired) electrons. The van der Waals surface area contributed by atoms with Gasteiger partial charge in [0.1, 0.15) is 11.9 Å². The van der Waals surface area contributed by atoms with Gasteiger partial charge in [-0.25, -0.2) is 0 Å². The Morgan fingerprint density at radius 3 is 2.42 bits per heavy atom. The quantitative estimate of drug-likeness (QED) is 0.781. The first-order valence-electron chi connectivity index (χ1n) is 5.49. The molecule has 2 rings (SSSR count). The van der Waals surface area contributed by atoms with E-state index in [-0.39, 0.29) is 0 Å². The van der Waals surface area contributed by atoms with E-state index < -0.39 is 6.10 Å². The molecule has 0 spiro atoms. The Labute approximate surface area is 133 Å². The molecule has 0 bridgehead atoms. The van der Waals surface area contributed by atoms with Crippen LogP contribution in [0.25, 0.3) is 0 Å². The van der Waals surface area contributed by atoms with Gasteiger partial charge < -0.3 is 9.84 Å². The Hall–Kier alpha value is -0.550. The number of methoxy groups -OCH3 is 1. The second-order valence-corrected chi connectivity index (χ2v) is 6.08. The van der Waals surface area contributed by atoms with E-state index in [2.05, 4.69) is 31.9 Å². The van der Waals surface area contributed by atoms with Gasteiger partial charge >= 0.3 is 0 Å². The van der Waals surface area contributed by atoms with Gasteiger partial charge in [-0.3, -0.25) is 0 Å². The zero-order chi connectivity index (χ0) is 14.0. The van der Waals surface area contributed by atoms with Crippen LogP contribution in [0.1, 0.15) is 17.2 Å². The first-order valence-corrected chi connectivity index (χ1v) is 7.45. The highest BCUT2D eigenvalue weighted by atomic mass is 79.9. The van der Waals surface area contributed by atoms with Crippen LogP contribution in [0, 0.1) is 0 Å². The number of aliphatic hydroxyl groups excluding tert-OH is 1. The molecule has 0 saturated carbocycles. The first-order chi connectivity index (χ1) is 9.02. The van der Waals surface area contributed by atoms with E-state index >= 15 is 0 Å². The zero-order valence-corrected chi connectivity index (χ0v) is 14.0. The minimum atomic E-state index is -0.745. The Morgan fingerprint density at radius 2 is 1.84 bits per heavy atom. The van der Waals surface area contributed by atoms with Crippen molar-refractivity contribution in [3.8, 4) is 5.75 Å². The van der Waals surface area contributed by atoms with Crippen molar-refractivity contribution < 1.29 is 9.84 Å². The molecule has 0 heterocycles. The second-order valence-electron chi connectivity index (χ2n) is 3.96. The molecule has 2 aromatic rings. The van der Waals surface area contributed by atoms with Crippen molar-refractivity contribution in [2.75, 3.05) is 7.11 Å². The summed E-state index contributed by atoms with van der Waals surface area (Å²) in [4.78, 5) is 0. The smallest absolute Gasteiger partial charge is 0.120 e. The number of benzene rings is 2. The molecular formula is C14H11Br2ClO2. The maximum absolute atomic E-state index is 10.4. The largest absolute Gasteiger partial charge is 0.497 e. The maximum Gasteiger partial charge on any atom is 0.120 e. The predicted molar refractivity (Wildman–Crippen MR) is 83.9 cm³/mol. The number of ether oxygens (including phenoxy) is 1. The number of aliphatic hydroxyl groups is 1. The van der Waals surface area contributed by atoms with Crippen LogP contribution in [0.15, 0.2) is 45.3 Å². The molecule has 0 saturated heterocycles. The van der Waals surface area contributed by atoms with Crippen molar-refractivity contribution in [2.24, 2.45) is 0 Å². The van der Waals surface area contributed by atoms with E-state index in [1.54, 1.807) is 13.2 Å². The molecule has 5 heteroatoms. The van der Waals surface area contributed by atoms with Crippen molar-refractivity contribution in [3.63, 3.8) is 0 Å². The van der Waals surface area contributed by atoms with Crippen LogP contribution in [-0.2, 0) is 0 Å². The molecule has 19 heavy (non-hydrogen) atoms. The maximum atomic E-state index is 10.4. The lowest BCUT2D eigenvalue weighted by atomic mass is 10.0. The summed E-state index contributed by atoms with van der Waals surface area (Å²) < 4.78 is 6.73. The van der Waals surface area contributed by atoms with E-state index in [0.717, 1.165) is 25.8 Å². The van der Waals surface area contributed by atoms with Crippen molar-refractivity contribution in [3.05, 3.63) is 61.5 Å². The first kappa shape index (κ1) is 14.9. The van der Waals surface area contributed by atoms with Crippen LogP contribution in [-0.4, -0.2) is 12.2 Å².